The van der Waals surface area contributed by atoms with Crippen molar-refractivity contribution in [2.75, 3.05) is 0 Å². The van der Waals surface area contributed by atoms with Gasteiger partial charge in [-0.05, 0) is 17.7 Å². The van der Waals surface area contributed by atoms with E-state index in [4.69, 9.17) is 34.8 Å². The lowest BCUT2D eigenvalue weighted by atomic mass is 9.86. The van der Waals surface area contributed by atoms with Crippen molar-refractivity contribution < 1.29 is 14.4 Å². The topological polar surface area (TPSA) is 54.5 Å². The number of ketones is 2. The number of Topliss-reactive ketones (excluding diaryl/α,β-unsaturated/α-hetero) is 2. The molecule has 0 N–H and O–H groups in total. The third-order valence-electron chi connectivity index (χ3n) is 4.52. The van der Waals surface area contributed by atoms with Gasteiger partial charge in [-0.2, -0.15) is 0 Å². The highest BCUT2D eigenvalue weighted by Gasteiger charge is 2.52. The normalized spacial score (nSPS) is 22.4. The van der Waals surface area contributed by atoms with E-state index in [9.17, 15) is 14.4 Å². The molecule has 2 aliphatic rings. The number of nitrogens with zero attached hydrogens (tertiary/aromatic N) is 1. The Hall–Kier alpha value is -2.14. The molecule has 1 aliphatic heterocycles. The molecule has 1 saturated heterocycles. The minimum atomic E-state index is -0.854. The Morgan fingerprint density at radius 2 is 1.38 bits per heavy atom. The van der Waals surface area contributed by atoms with Crippen LogP contribution < -0.4 is 0 Å². The summed E-state index contributed by atoms with van der Waals surface area (Å²) in [5.41, 5.74) is 1.02. The number of allylic oxidation sites excluding steroid dienone is 2. The molecule has 1 fully saturated rings. The van der Waals surface area contributed by atoms with E-state index in [0.717, 1.165) is 0 Å². The summed E-state index contributed by atoms with van der Waals surface area (Å²) in [5, 5.41) is -0.593. The number of likely N-dealkylation sites (tertiary alicyclic amines) is 1. The predicted molar refractivity (Wildman–Crippen MR) is 98.7 cm³/mol. The van der Waals surface area contributed by atoms with E-state index in [1.54, 1.807) is 42.5 Å². The van der Waals surface area contributed by atoms with Crippen molar-refractivity contribution >= 4 is 52.3 Å². The minimum absolute atomic E-state index is 0.128. The Balaban J connectivity index is 1.82. The maximum atomic E-state index is 12.9. The van der Waals surface area contributed by atoms with E-state index < -0.39 is 28.9 Å². The van der Waals surface area contributed by atoms with Gasteiger partial charge in [0, 0.05) is 16.1 Å². The first-order valence-electron chi connectivity index (χ1n) is 7.72. The second-order valence-corrected chi connectivity index (χ2v) is 7.26. The zero-order valence-electron chi connectivity index (χ0n) is 13.1. The molecule has 26 heavy (non-hydrogen) atoms. The summed E-state index contributed by atoms with van der Waals surface area (Å²) in [6.07, 6.45) is 0. The Morgan fingerprint density at radius 3 is 2.00 bits per heavy atom. The summed E-state index contributed by atoms with van der Waals surface area (Å²) in [5.74, 6) is -1.43. The van der Waals surface area contributed by atoms with E-state index in [0.29, 0.717) is 10.6 Å². The van der Waals surface area contributed by atoms with Gasteiger partial charge in [0.05, 0.1) is 6.04 Å². The van der Waals surface area contributed by atoms with Gasteiger partial charge in [-0.15, -0.1) is 11.6 Å². The number of halogens is 3. The van der Waals surface area contributed by atoms with Crippen molar-refractivity contribution in [3.8, 4) is 0 Å². The second-order valence-electron chi connectivity index (χ2n) is 5.97. The molecule has 2 aromatic rings. The highest BCUT2D eigenvalue weighted by Crippen LogP contribution is 2.45. The van der Waals surface area contributed by atoms with Gasteiger partial charge < -0.3 is 0 Å². The van der Waals surface area contributed by atoms with Crippen LogP contribution in [0.4, 0.5) is 0 Å². The van der Waals surface area contributed by atoms with Crippen LogP contribution in [-0.2, 0) is 4.79 Å². The first-order chi connectivity index (χ1) is 12.4. The van der Waals surface area contributed by atoms with Crippen LogP contribution >= 0.6 is 34.8 Å². The van der Waals surface area contributed by atoms with E-state index in [1.165, 1.54) is 11.0 Å². The van der Waals surface area contributed by atoms with E-state index in [1.807, 2.05) is 0 Å². The monoisotopic (exact) mass is 405 g/mol. The summed E-state index contributed by atoms with van der Waals surface area (Å²) in [7, 11) is 0. The predicted octanol–water partition coefficient (Wildman–Crippen LogP) is 4.36. The highest BCUT2D eigenvalue weighted by molar-refractivity contribution is 6.50. The number of fused-ring (bicyclic) bond motifs is 1. The molecule has 1 amide bonds. The number of β-lactam (4-membered cyclic amide) rings is 1. The number of rotatable bonds is 2. The molecule has 0 radical (unpaired) electrons. The van der Waals surface area contributed by atoms with Crippen LogP contribution in [0.3, 0.4) is 0 Å². The lowest BCUT2D eigenvalue weighted by Gasteiger charge is -2.46. The first-order valence-corrected chi connectivity index (χ1v) is 8.92. The molecule has 1 aliphatic carbocycles. The molecule has 4 nitrogen and oxygen atoms in total. The van der Waals surface area contributed by atoms with Crippen LogP contribution in [0.15, 0.2) is 59.3 Å². The molecule has 130 valence electrons. The summed E-state index contributed by atoms with van der Waals surface area (Å²) >= 11 is 18.3. The van der Waals surface area contributed by atoms with Gasteiger partial charge in [-0.25, -0.2) is 0 Å². The zero-order valence-corrected chi connectivity index (χ0v) is 15.3. The largest absolute Gasteiger partial charge is 0.296 e. The van der Waals surface area contributed by atoms with Gasteiger partial charge in [0.1, 0.15) is 16.1 Å². The standard InChI is InChI=1S/C19H10Cl3NO3/c20-10-7-5-9(6-8-10)15-14(22)19(26)23(15)16-13(21)17(24)11-3-1-2-4-12(11)18(16)25/h1-8,14-15H. The number of hydrogen-bond acceptors (Lipinski definition) is 3. The molecule has 2 atom stereocenters. The second kappa shape index (κ2) is 6.23. The Morgan fingerprint density at radius 1 is 0.808 bits per heavy atom. The van der Waals surface area contributed by atoms with Crippen molar-refractivity contribution in [2.45, 2.75) is 11.4 Å². The summed E-state index contributed by atoms with van der Waals surface area (Å²) < 4.78 is 0. The van der Waals surface area contributed by atoms with Crippen LogP contribution in [0.1, 0.15) is 32.3 Å². The van der Waals surface area contributed by atoms with Gasteiger partial charge >= 0.3 is 0 Å². The van der Waals surface area contributed by atoms with Crippen LogP contribution in [0.5, 0.6) is 0 Å². The number of hydrogen-bond donors (Lipinski definition) is 0. The molecule has 4 rings (SSSR count). The van der Waals surface area contributed by atoms with Crippen molar-refractivity contribution in [1.82, 2.24) is 4.90 Å². The average Bonchev–Trinajstić information content (AvgIpc) is 2.66. The van der Waals surface area contributed by atoms with Crippen molar-refractivity contribution in [1.29, 1.82) is 0 Å². The van der Waals surface area contributed by atoms with Crippen molar-refractivity contribution in [3.63, 3.8) is 0 Å². The fourth-order valence-electron chi connectivity index (χ4n) is 3.23. The summed E-state index contributed by atoms with van der Waals surface area (Å²) in [6.45, 7) is 0. The van der Waals surface area contributed by atoms with E-state index >= 15 is 0 Å². The van der Waals surface area contributed by atoms with Gasteiger partial charge in [0.2, 0.25) is 17.5 Å². The van der Waals surface area contributed by atoms with Gasteiger partial charge in [-0.3, -0.25) is 19.3 Å². The molecular formula is C19H10Cl3NO3. The molecule has 0 bridgehead atoms. The third kappa shape index (κ3) is 2.41. The molecule has 0 spiro atoms. The number of benzene rings is 2. The van der Waals surface area contributed by atoms with Crippen LogP contribution in [-0.4, -0.2) is 27.8 Å². The van der Waals surface area contributed by atoms with E-state index in [2.05, 4.69) is 0 Å². The first kappa shape index (κ1) is 17.3. The number of alkyl halides is 1. The number of amides is 1. The fraction of sp³-hybridized carbons (Fsp3) is 0.105. The molecular weight excluding hydrogens is 397 g/mol. The average molecular weight is 407 g/mol. The number of carbonyl (C=O) groups is 3. The van der Waals surface area contributed by atoms with Crippen LogP contribution in [0, 0.1) is 0 Å². The van der Waals surface area contributed by atoms with Crippen LogP contribution in [0.2, 0.25) is 5.02 Å². The molecule has 2 aromatic carbocycles. The van der Waals surface area contributed by atoms with Gasteiger partial charge in [-0.1, -0.05) is 59.6 Å². The molecule has 0 saturated carbocycles. The summed E-state index contributed by atoms with van der Waals surface area (Å²) in [4.78, 5) is 39.1. The number of carbonyl (C=O) groups excluding carboxylic acids is 3. The Bertz CT molecular complexity index is 997. The van der Waals surface area contributed by atoms with Gasteiger partial charge in [0.25, 0.3) is 0 Å². The van der Waals surface area contributed by atoms with E-state index in [-0.39, 0.29) is 21.9 Å². The zero-order chi connectivity index (χ0) is 18.6. The maximum absolute atomic E-state index is 12.9. The Labute approximate surface area is 163 Å². The van der Waals surface area contributed by atoms with Crippen molar-refractivity contribution in [3.05, 3.63) is 81.0 Å². The Kier molecular flexibility index (Phi) is 4.14. The minimum Gasteiger partial charge on any atom is -0.296 e. The van der Waals surface area contributed by atoms with Crippen LogP contribution in [0.25, 0.3) is 0 Å². The van der Waals surface area contributed by atoms with Crippen molar-refractivity contribution in [2.24, 2.45) is 0 Å². The smallest absolute Gasteiger partial charge is 0.248 e. The molecule has 7 heteroatoms. The lowest BCUT2D eigenvalue weighted by Crippen LogP contribution is -2.57. The quantitative estimate of drug-likeness (QED) is 0.550. The lowest BCUT2D eigenvalue weighted by molar-refractivity contribution is -0.141. The molecule has 2 unspecified atom stereocenters. The molecule has 1 heterocycles. The van der Waals surface area contributed by atoms with Gasteiger partial charge in [0.15, 0.2) is 0 Å². The third-order valence-corrected chi connectivity index (χ3v) is 5.55. The fourth-order valence-corrected chi connectivity index (χ4v) is 4.00. The highest BCUT2D eigenvalue weighted by atomic mass is 35.5. The SMILES string of the molecule is O=C1C(Cl)=C(N2C(=O)C(Cl)C2c2ccc(Cl)cc2)C(=O)c2ccccc21. The molecule has 0 aromatic heterocycles. The maximum Gasteiger partial charge on any atom is 0.248 e. The summed E-state index contributed by atoms with van der Waals surface area (Å²) in [6, 6.07) is 12.6.